The van der Waals surface area contributed by atoms with Crippen molar-refractivity contribution in [2.75, 3.05) is 11.9 Å². The Morgan fingerprint density at radius 2 is 1.76 bits per heavy atom. The molecule has 2 aromatic heterocycles. The number of hydrogen-bond acceptors (Lipinski definition) is 4. The fourth-order valence-corrected chi connectivity index (χ4v) is 4.82. The number of benzene rings is 2. The van der Waals surface area contributed by atoms with E-state index in [1.54, 1.807) is 36.9 Å². The number of pyridine rings is 1. The van der Waals surface area contributed by atoms with Crippen molar-refractivity contribution in [3.05, 3.63) is 87.3 Å². The van der Waals surface area contributed by atoms with Gasteiger partial charge in [-0.25, -0.2) is 4.98 Å². The molecule has 0 saturated carbocycles. The number of halogens is 2. The van der Waals surface area contributed by atoms with E-state index in [1.807, 2.05) is 64.1 Å². The lowest BCUT2D eigenvalue weighted by Crippen LogP contribution is -2.29. The minimum Gasteiger partial charge on any atom is -0.487 e. The maximum Gasteiger partial charge on any atom is 0.232 e. The number of nitrogens with zero attached hydrogens (tertiary/aromatic N) is 3. The summed E-state index contributed by atoms with van der Waals surface area (Å²) in [4.78, 5) is 32.1. The molecule has 0 spiro atoms. The number of carbonyl (C=O) groups is 2. The number of rotatable bonds is 7. The third kappa shape index (κ3) is 5.57. The van der Waals surface area contributed by atoms with Gasteiger partial charge in [-0.05, 0) is 43.3 Å². The topological polar surface area (TPSA) is 64.4 Å². The van der Waals surface area contributed by atoms with E-state index in [9.17, 15) is 9.59 Å². The molecule has 0 unspecified atom stereocenters. The van der Waals surface area contributed by atoms with Gasteiger partial charge in [-0.2, -0.15) is 0 Å². The van der Waals surface area contributed by atoms with Gasteiger partial charge in [-0.1, -0.05) is 62.2 Å². The Balaban J connectivity index is 1.55. The first-order valence-corrected chi connectivity index (χ1v) is 13.1. The minimum absolute atomic E-state index is 0.0222. The van der Waals surface area contributed by atoms with Crippen LogP contribution in [0.1, 0.15) is 48.2 Å². The molecule has 0 N–H and O–H groups in total. The molecule has 2 heterocycles. The van der Waals surface area contributed by atoms with Crippen LogP contribution >= 0.6 is 23.2 Å². The number of aromatic nitrogens is 2. The number of carbonyl (C=O) groups excluding carboxylic acids is 2. The Morgan fingerprint density at radius 1 is 1.03 bits per heavy atom. The zero-order valence-electron chi connectivity index (χ0n) is 22.4. The molecule has 8 heteroatoms. The standard InChI is InChI=1S/C30H31Cl2N3O3/c1-18-10-11-19-8-7-9-25(28(19)33-18)38-17-21-22(31)13-15-23(27(21)32)35(6)26(36)16-20-12-14-24(34(20)5)29(37)30(2,3)4/h7-15H,16-17H2,1-6H3. The number of ketones is 1. The van der Waals surface area contributed by atoms with E-state index < -0.39 is 5.41 Å². The van der Waals surface area contributed by atoms with Gasteiger partial charge in [0.05, 0.1) is 22.8 Å². The number of anilines is 1. The summed E-state index contributed by atoms with van der Waals surface area (Å²) in [5, 5.41) is 1.75. The summed E-state index contributed by atoms with van der Waals surface area (Å²) in [6.07, 6.45) is 0.107. The second-order valence-electron chi connectivity index (χ2n) is 10.4. The van der Waals surface area contributed by atoms with Crippen molar-refractivity contribution in [2.45, 2.75) is 40.7 Å². The summed E-state index contributed by atoms with van der Waals surface area (Å²) in [6.45, 7) is 7.67. The van der Waals surface area contributed by atoms with Crippen LogP contribution in [-0.2, 0) is 24.9 Å². The average molecular weight is 553 g/mol. The first kappa shape index (κ1) is 27.7. The van der Waals surface area contributed by atoms with Crippen LogP contribution in [-0.4, -0.2) is 28.3 Å². The van der Waals surface area contributed by atoms with E-state index in [0.717, 1.165) is 22.3 Å². The largest absolute Gasteiger partial charge is 0.487 e. The Bertz CT molecular complexity index is 1540. The van der Waals surface area contributed by atoms with Crippen LogP contribution in [0.2, 0.25) is 10.0 Å². The number of hydrogen-bond donors (Lipinski definition) is 0. The second-order valence-corrected chi connectivity index (χ2v) is 11.2. The van der Waals surface area contributed by atoms with Crippen molar-refractivity contribution in [3.8, 4) is 5.75 Å². The van der Waals surface area contributed by atoms with Gasteiger partial charge < -0.3 is 14.2 Å². The maximum absolute atomic E-state index is 13.2. The van der Waals surface area contributed by atoms with Crippen molar-refractivity contribution in [2.24, 2.45) is 12.5 Å². The number of aryl methyl sites for hydroxylation is 1. The number of amides is 1. The molecule has 198 valence electrons. The van der Waals surface area contributed by atoms with Crippen molar-refractivity contribution in [1.29, 1.82) is 0 Å². The molecule has 38 heavy (non-hydrogen) atoms. The molecule has 4 rings (SSSR count). The quantitative estimate of drug-likeness (QED) is 0.228. The van der Waals surface area contributed by atoms with Gasteiger partial charge >= 0.3 is 0 Å². The average Bonchev–Trinajstić information content (AvgIpc) is 3.22. The van der Waals surface area contributed by atoms with E-state index in [2.05, 4.69) is 4.98 Å². The Labute approximate surface area is 233 Å². The molecule has 0 aliphatic carbocycles. The third-order valence-electron chi connectivity index (χ3n) is 6.57. The molecule has 6 nitrogen and oxygen atoms in total. The van der Waals surface area contributed by atoms with Gasteiger partial charge in [0.2, 0.25) is 5.91 Å². The monoisotopic (exact) mass is 551 g/mol. The van der Waals surface area contributed by atoms with Crippen LogP contribution < -0.4 is 9.64 Å². The highest BCUT2D eigenvalue weighted by Gasteiger charge is 2.27. The third-order valence-corrected chi connectivity index (χ3v) is 7.34. The summed E-state index contributed by atoms with van der Waals surface area (Å²) in [6, 6.07) is 16.7. The second kappa shape index (κ2) is 10.8. The molecule has 0 atom stereocenters. The van der Waals surface area contributed by atoms with Gasteiger partial charge in [-0.3, -0.25) is 9.59 Å². The van der Waals surface area contributed by atoms with Crippen molar-refractivity contribution in [3.63, 3.8) is 0 Å². The number of likely N-dealkylation sites (N-methyl/N-ethyl adjacent to an activating group) is 1. The van der Waals surface area contributed by atoms with Crippen LogP contribution in [0.15, 0.2) is 54.6 Å². The minimum atomic E-state index is -0.513. The van der Waals surface area contributed by atoms with E-state index in [4.69, 9.17) is 27.9 Å². The molecule has 0 bridgehead atoms. The Morgan fingerprint density at radius 3 is 2.47 bits per heavy atom. The van der Waals surface area contributed by atoms with Gasteiger partial charge in [0, 0.05) is 46.9 Å². The zero-order chi connectivity index (χ0) is 27.8. The van der Waals surface area contributed by atoms with E-state index >= 15 is 0 Å². The van der Waals surface area contributed by atoms with E-state index in [1.165, 1.54) is 4.90 Å². The van der Waals surface area contributed by atoms with Crippen molar-refractivity contribution >= 4 is 51.5 Å². The smallest absolute Gasteiger partial charge is 0.232 e. The van der Waals surface area contributed by atoms with Gasteiger partial charge in [0.1, 0.15) is 17.9 Å². The van der Waals surface area contributed by atoms with Crippen molar-refractivity contribution in [1.82, 2.24) is 9.55 Å². The molecular weight excluding hydrogens is 521 g/mol. The number of Topliss-reactive ketones (excluding diaryl/α,β-unsaturated/α-hetero) is 1. The zero-order valence-corrected chi connectivity index (χ0v) is 23.9. The van der Waals surface area contributed by atoms with Crippen molar-refractivity contribution < 1.29 is 14.3 Å². The van der Waals surface area contributed by atoms with Gasteiger partial charge in [-0.15, -0.1) is 0 Å². The molecule has 2 aromatic carbocycles. The summed E-state index contributed by atoms with van der Waals surface area (Å²) < 4.78 is 7.89. The summed E-state index contributed by atoms with van der Waals surface area (Å²) in [5.74, 6) is 0.470. The fraction of sp³-hybridized carbons (Fsp3) is 0.300. The molecular formula is C30H31Cl2N3O3. The maximum atomic E-state index is 13.2. The van der Waals surface area contributed by atoms with Crippen LogP contribution in [0.25, 0.3) is 10.9 Å². The predicted molar refractivity (Wildman–Crippen MR) is 154 cm³/mol. The van der Waals surface area contributed by atoms with Crippen LogP contribution in [0, 0.1) is 12.3 Å². The van der Waals surface area contributed by atoms with Crippen LogP contribution in [0.3, 0.4) is 0 Å². The fourth-order valence-electron chi connectivity index (χ4n) is 4.21. The first-order chi connectivity index (χ1) is 17.9. The highest BCUT2D eigenvalue weighted by atomic mass is 35.5. The SMILES string of the molecule is Cc1ccc2cccc(OCc3c(Cl)ccc(N(C)C(=O)Cc4ccc(C(=O)C(C)(C)C)n4C)c3Cl)c2n1. The molecule has 0 fully saturated rings. The predicted octanol–water partition coefficient (Wildman–Crippen LogP) is 7.20. The highest BCUT2D eigenvalue weighted by Crippen LogP contribution is 2.35. The molecule has 1 amide bonds. The lowest BCUT2D eigenvalue weighted by atomic mass is 9.89. The van der Waals surface area contributed by atoms with Crippen LogP contribution in [0.5, 0.6) is 5.75 Å². The number of para-hydroxylation sites is 1. The Kier molecular flexibility index (Phi) is 7.86. The molecule has 0 aliphatic heterocycles. The summed E-state index contributed by atoms with van der Waals surface area (Å²) >= 11 is 13.3. The molecule has 0 radical (unpaired) electrons. The number of ether oxygens (including phenoxy) is 1. The lowest BCUT2D eigenvalue weighted by molar-refractivity contribution is -0.117. The van der Waals surface area contributed by atoms with E-state index in [0.29, 0.717) is 32.7 Å². The molecule has 0 saturated heterocycles. The lowest BCUT2D eigenvalue weighted by Gasteiger charge is -2.22. The van der Waals surface area contributed by atoms with E-state index in [-0.39, 0.29) is 24.7 Å². The normalized spacial score (nSPS) is 11.6. The number of fused-ring (bicyclic) bond motifs is 1. The summed E-state index contributed by atoms with van der Waals surface area (Å²) in [7, 11) is 3.47. The highest BCUT2D eigenvalue weighted by molar-refractivity contribution is 6.38. The summed E-state index contributed by atoms with van der Waals surface area (Å²) in [5.41, 5.74) is 3.54. The molecule has 4 aromatic rings. The van der Waals surface area contributed by atoms with Gasteiger partial charge in [0.15, 0.2) is 5.78 Å². The van der Waals surface area contributed by atoms with Crippen LogP contribution in [0.4, 0.5) is 5.69 Å². The first-order valence-electron chi connectivity index (χ1n) is 12.3. The Hall–Kier alpha value is -3.35. The van der Waals surface area contributed by atoms with Gasteiger partial charge in [0.25, 0.3) is 0 Å². The molecule has 0 aliphatic rings.